The first-order valence-corrected chi connectivity index (χ1v) is 9.93. The van der Waals surface area contributed by atoms with E-state index in [2.05, 4.69) is 29.8 Å². The van der Waals surface area contributed by atoms with Gasteiger partial charge in [0, 0.05) is 25.6 Å². The van der Waals surface area contributed by atoms with Crippen molar-refractivity contribution in [3.05, 3.63) is 0 Å². The van der Waals surface area contributed by atoms with Crippen LogP contribution in [0.5, 0.6) is 0 Å². The zero-order valence-electron chi connectivity index (χ0n) is 16.7. The first-order chi connectivity index (χ1) is 11.9. The van der Waals surface area contributed by atoms with Crippen LogP contribution < -0.4 is 21.7 Å². The predicted octanol–water partition coefficient (Wildman–Crippen LogP) is 3.09. The molecule has 0 heterocycles. The van der Waals surface area contributed by atoms with Crippen LogP contribution in [-0.2, 0) is 4.79 Å². The molecule has 0 aromatic heterocycles. The number of nitrogens with one attached hydrogen (secondary N) is 3. The molecule has 1 unspecified atom stereocenters. The second-order valence-electron chi connectivity index (χ2n) is 7.87. The van der Waals surface area contributed by atoms with Crippen molar-refractivity contribution in [2.45, 2.75) is 90.1 Å². The Kier molecular flexibility index (Phi) is 12.7. The Hall–Kier alpha value is -1.01. The second-order valence-corrected chi connectivity index (χ2v) is 7.87. The molecule has 1 rings (SSSR count). The van der Waals surface area contributed by atoms with Crippen LogP contribution in [0.1, 0.15) is 78.6 Å². The molecule has 6 nitrogen and oxygen atoms in total. The van der Waals surface area contributed by atoms with Gasteiger partial charge in [-0.3, -0.25) is 4.79 Å². The quantitative estimate of drug-likeness (QED) is 0.431. The van der Waals surface area contributed by atoms with Crippen LogP contribution in [-0.4, -0.2) is 36.6 Å². The van der Waals surface area contributed by atoms with E-state index >= 15 is 0 Å². The number of hydrogen-bond acceptors (Lipinski definition) is 3. The number of carbonyl (C=O) groups is 2. The third kappa shape index (κ3) is 9.62. The number of urea groups is 1. The Balaban J connectivity index is 0.00000625. The molecule has 0 aliphatic heterocycles. The molecule has 3 amide bonds. The minimum Gasteiger partial charge on any atom is -0.349 e. The van der Waals surface area contributed by atoms with Crippen LogP contribution in [0, 0.1) is 5.92 Å². The fourth-order valence-electron chi connectivity index (χ4n) is 3.08. The molecule has 154 valence electrons. The SMILES string of the molecule is CC(C)C(C)(CN)NC(=O)CCCCCNC(=O)NC1CCCCC1.Cl. The Morgan fingerprint density at radius 1 is 1.12 bits per heavy atom. The van der Waals surface area contributed by atoms with E-state index in [1.54, 1.807) is 0 Å². The molecule has 1 fully saturated rings. The Morgan fingerprint density at radius 3 is 2.35 bits per heavy atom. The highest BCUT2D eigenvalue weighted by atomic mass is 35.5. The van der Waals surface area contributed by atoms with E-state index in [4.69, 9.17) is 5.73 Å². The second kappa shape index (κ2) is 13.2. The van der Waals surface area contributed by atoms with Gasteiger partial charge in [-0.25, -0.2) is 4.79 Å². The van der Waals surface area contributed by atoms with Gasteiger partial charge in [0.15, 0.2) is 0 Å². The molecule has 7 heteroatoms. The zero-order chi connectivity index (χ0) is 18.7. The summed E-state index contributed by atoms with van der Waals surface area (Å²) in [4.78, 5) is 23.8. The molecule has 0 radical (unpaired) electrons. The Labute approximate surface area is 165 Å². The normalized spacial score (nSPS) is 17.1. The number of rotatable bonds is 10. The molecule has 5 N–H and O–H groups in total. The van der Waals surface area contributed by atoms with Crippen molar-refractivity contribution >= 4 is 24.3 Å². The first-order valence-electron chi connectivity index (χ1n) is 9.93. The summed E-state index contributed by atoms with van der Waals surface area (Å²) >= 11 is 0. The van der Waals surface area contributed by atoms with Crippen LogP contribution >= 0.6 is 12.4 Å². The average molecular weight is 391 g/mol. The molecule has 1 aliphatic carbocycles. The predicted molar refractivity (Wildman–Crippen MR) is 110 cm³/mol. The van der Waals surface area contributed by atoms with Gasteiger partial charge in [-0.15, -0.1) is 12.4 Å². The summed E-state index contributed by atoms with van der Waals surface area (Å²) < 4.78 is 0. The highest BCUT2D eigenvalue weighted by molar-refractivity contribution is 5.85. The molecule has 0 aromatic rings. The van der Waals surface area contributed by atoms with Crippen LogP contribution in [0.15, 0.2) is 0 Å². The van der Waals surface area contributed by atoms with Crippen molar-refractivity contribution in [1.82, 2.24) is 16.0 Å². The minimum atomic E-state index is -0.337. The van der Waals surface area contributed by atoms with Gasteiger partial charge in [0.1, 0.15) is 0 Å². The number of carbonyl (C=O) groups excluding carboxylic acids is 2. The summed E-state index contributed by atoms with van der Waals surface area (Å²) in [5.41, 5.74) is 5.45. The summed E-state index contributed by atoms with van der Waals surface area (Å²) in [6.07, 6.45) is 9.07. The third-order valence-electron chi connectivity index (χ3n) is 5.43. The van der Waals surface area contributed by atoms with Crippen LogP contribution in [0.25, 0.3) is 0 Å². The van der Waals surface area contributed by atoms with Gasteiger partial charge in [-0.2, -0.15) is 0 Å². The van der Waals surface area contributed by atoms with Crippen LogP contribution in [0.2, 0.25) is 0 Å². The smallest absolute Gasteiger partial charge is 0.315 e. The molecule has 0 spiro atoms. The van der Waals surface area contributed by atoms with Gasteiger partial charge in [0.25, 0.3) is 0 Å². The lowest BCUT2D eigenvalue weighted by molar-refractivity contribution is -0.123. The van der Waals surface area contributed by atoms with E-state index in [1.807, 2.05) is 6.92 Å². The van der Waals surface area contributed by atoms with E-state index in [-0.39, 0.29) is 29.9 Å². The topological polar surface area (TPSA) is 96.2 Å². The summed E-state index contributed by atoms with van der Waals surface area (Å²) in [5, 5.41) is 9.01. The molecule has 1 saturated carbocycles. The molecule has 0 bridgehead atoms. The lowest BCUT2D eigenvalue weighted by Crippen LogP contribution is -2.54. The fourth-order valence-corrected chi connectivity index (χ4v) is 3.08. The number of amides is 3. The van der Waals surface area contributed by atoms with Crippen molar-refractivity contribution in [1.29, 1.82) is 0 Å². The zero-order valence-corrected chi connectivity index (χ0v) is 17.6. The minimum absolute atomic E-state index is 0. The van der Waals surface area contributed by atoms with Crippen LogP contribution in [0.3, 0.4) is 0 Å². The van der Waals surface area contributed by atoms with Gasteiger partial charge in [-0.1, -0.05) is 39.5 Å². The van der Waals surface area contributed by atoms with Gasteiger partial charge in [0.05, 0.1) is 5.54 Å². The fraction of sp³-hybridized carbons (Fsp3) is 0.895. The maximum atomic E-state index is 12.0. The van der Waals surface area contributed by atoms with E-state index in [0.29, 0.717) is 31.5 Å². The van der Waals surface area contributed by atoms with Crippen molar-refractivity contribution in [2.24, 2.45) is 11.7 Å². The van der Waals surface area contributed by atoms with E-state index < -0.39 is 0 Å². The largest absolute Gasteiger partial charge is 0.349 e. The molecule has 0 aromatic carbocycles. The van der Waals surface area contributed by atoms with Gasteiger partial charge in [0.2, 0.25) is 5.91 Å². The van der Waals surface area contributed by atoms with Crippen molar-refractivity contribution in [3.8, 4) is 0 Å². The number of unbranched alkanes of at least 4 members (excludes halogenated alkanes) is 2. The third-order valence-corrected chi connectivity index (χ3v) is 5.43. The van der Waals surface area contributed by atoms with E-state index in [9.17, 15) is 9.59 Å². The highest BCUT2D eigenvalue weighted by Gasteiger charge is 2.28. The standard InChI is InChI=1S/C19H38N4O2.ClH/c1-15(2)19(3,14-20)23-17(24)12-8-5-9-13-21-18(25)22-16-10-6-4-7-11-16;/h15-16H,4-14,20H2,1-3H3,(H,23,24)(H2,21,22,25);1H. The molecule has 1 aliphatic rings. The number of halogens is 1. The lowest BCUT2D eigenvalue weighted by Gasteiger charge is -2.33. The summed E-state index contributed by atoms with van der Waals surface area (Å²) in [5.74, 6) is 0.359. The van der Waals surface area contributed by atoms with Crippen molar-refractivity contribution in [3.63, 3.8) is 0 Å². The molecule has 1 atom stereocenters. The number of hydrogen-bond donors (Lipinski definition) is 4. The first kappa shape index (κ1) is 25.0. The summed E-state index contributed by atoms with van der Waals surface area (Å²) in [7, 11) is 0. The Morgan fingerprint density at radius 2 is 1.77 bits per heavy atom. The molecule has 0 saturated heterocycles. The number of nitrogens with two attached hydrogens (primary N) is 1. The van der Waals surface area contributed by atoms with Gasteiger partial charge >= 0.3 is 6.03 Å². The molecular formula is C19H39ClN4O2. The summed E-state index contributed by atoms with van der Waals surface area (Å²) in [6, 6.07) is 0.288. The van der Waals surface area contributed by atoms with Crippen molar-refractivity contribution in [2.75, 3.05) is 13.1 Å². The van der Waals surface area contributed by atoms with E-state index in [0.717, 1.165) is 32.1 Å². The van der Waals surface area contributed by atoms with Gasteiger partial charge in [-0.05, 0) is 38.5 Å². The van der Waals surface area contributed by atoms with Crippen LogP contribution in [0.4, 0.5) is 4.79 Å². The van der Waals surface area contributed by atoms with Gasteiger partial charge < -0.3 is 21.7 Å². The molecular weight excluding hydrogens is 352 g/mol. The van der Waals surface area contributed by atoms with Crippen molar-refractivity contribution < 1.29 is 9.59 Å². The highest BCUT2D eigenvalue weighted by Crippen LogP contribution is 2.17. The summed E-state index contributed by atoms with van der Waals surface area (Å²) in [6.45, 7) is 7.22. The monoisotopic (exact) mass is 390 g/mol. The molecule has 26 heavy (non-hydrogen) atoms. The maximum Gasteiger partial charge on any atom is 0.315 e. The van der Waals surface area contributed by atoms with E-state index in [1.165, 1.54) is 19.3 Å². The average Bonchev–Trinajstić information content (AvgIpc) is 2.58. The maximum absolute atomic E-state index is 12.0. The Bertz CT molecular complexity index is 414. The lowest BCUT2D eigenvalue weighted by atomic mass is 9.88.